The van der Waals surface area contributed by atoms with Gasteiger partial charge in [0, 0.05) is 44.0 Å². The highest BCUT2D eigenvalue weighted by Gasteiger charge is 2.36. The maximum Gasteiger partial charge on any atom is 0.140 e. The molecule has 1 N–H and O–H groups in total. The molecule has 21 heavy (non-hydrogen) atoms. The molecule has 0 saturated carbocycles. The van der Waals surface area contributed by atoms with Crippen molar-refractivity contribution >= 4 is 5.69 Å². The van der Waals surface area contributed by atoms with Crippen molar-refractivity contribution in [3.63, 3.8) is 0 Å². The van der Waals surface area contributed by atoms with Crippen LogP contribution in [0.3, 0.4) is 0 Å². The Morgan fingerprint density at radius 2 is 2.00 bits per heavy atom. The molecule has 4 nitrogen and oxygen atoms in total. The molecule has 2 atom stereocenters. The molecule has 0 bridgehead atoms. The Bertz CT molecular complexity index is 467. The Kier molecular flexibility index (Phi) is 4.31. The average molecular weight is 294 g/mol. The van der Waals surface area contributed by atoms with Crippen molar-refractivity contribution in [2.75, 3.05) is 38.2 Å². The number of piperidine rings is 1. The number of ether oxygens (including phenoxy) is 1. The molecule has 0 unspecified atom stereocenters. The predicted molar refractivity (Wildman–Crippen MR) is 80.7 cm³/mol. The van der Waals surface area contributed by atoms with Crippen molar-refractivity contribution in [2.24, 2.45) is 0 Å². The third-order valence-electron chi connectivity index (χ3n) is 4.65. The van der Waals surface area contributed by atoms with Crippen LogP contribution in [0.5, 0.6) is 5.75 Å². The van der Waals surface area contributed by atoms with Gasteiger partial charge in [-0.25, -0.2) is 4.39 Å². The van der Waals surface area contributed by atoms with Crippen LogP contribution in [0.4, 0.5) is 10.1 Å². The van der Waals surface area contributed by atoms with Crippen LogP contribution in [0.2, 0.25) is 0 Å². The molecule has 1 aromatic carbocycles. The van der Waals surface area contributed by atoms with Gasteiger partial charge in [0.1, 0.15) is 11.9 Å². The first-order chi connectivity index (χ1) is 10.2. The monoisotopic (exact) mass is 294 g/mol. The van der Waals surface area contributed by atoms with Gasteiger partial charge < -0.3 is 14.7 Å². The number of β-amino-alcohol motifs (C(OH)–C–C–N with tert-alkyl or cyclic N) is 1. The van der Waals surface area contributed by atoms with Crippen LogP contribution >= 0.6 is 0 Å². The van der Waals surface area contributed by atoms with Gasteiger partial charge in [0.25, 0.3) is 0 Å². The van der Waals surface area contributed by atoms with Crippen molar-refractivity contribution < 1.29 is 14.2 Å². The summed E-state index contributed by atoms with van der Waals surface area (Å²) in [7, 11) is 1.68. The number of alkyl halides is 1. The SMILES string of the molecule is COc1cccc(N2CCC(N3C[C@@H](O)[C@H](F)C3)CC2)c1. The summed E-state index contributed by atoms with van der Waals surface area (Å²) in [5, 5.41) is 9.55. The van der Waals surface area contributed by atoms with Crippen LogP contribution in [0.1, 0.15) is 12.8 Å². The number of anilines is 1. The third-order valence-corrected chi connectivity index (χ3v) is 4.65. The van der Waals surface area contributed by atoms with Crippen LogP contribution in [0.25, 0.3) is 0 Å². The number of likely N-dealkylation sites (tertiary alicyclic amines) is 1. The van der Waals surface area contributed by atoms with Gasteiger partial charge in [0.15, 0.2) is 0 Å². The minimum Gasteiger partial charge on any atom is -0.497 e. The second kappa shape index (κ2) is 6.20. The smallest absolute Gasteiger partial charge is 0.140 e. The summed E-state index contributed by atoms with van der Waals surface area (Å²) in [6.45, 7) is 2.78. The number of methoxy groups -OCH3 is 1. The van der Waals surface area contributed by atoms with Crippen molar-refractivity contribution in [3.05, 3.63) is 24.3 Å². The Morgan fingerprint density at radius 1 is 1.24 bits per heavy atom. The topological polar surface area (TPSA) is 35.9 Å². The zero-order valence-electron chi connectivity index (χ0n) is 12.4. The molecule has 2 aliphatic rings. The minimum absolute atomic E-state index is 0.380. The van der Waals surface area contributed by atoms with Gasteiger partial charge in [-0.1, -0.05) is 6.07 Å². The van der Waals surface area contributed by atoms with Crippen molar-refractivity contribution in [1.29, 1.82) is 0 Å². The Morgan fingerprint density at radius 3 is 2.62 bits per heavy atom. The summed E-state index contributed by atoms with van der Waals surface area (Å²) in [5.41, 5.74) is 1.18. The highest BCUT2D eigenvalue weighted by Crippen LogP contribution is 2.27. The lowest BCUT2D eigenvalue weighted by Gasteiger charge is -2.37. The fourth-order valence-corrected chi connectivity index (χ4v) is 3.37. The Labute approximate surface area is 125 Å². The lowest BCUT2D eigenvalue weighted by Crippen LogP contribution is -2.44. The average Bonchev–Trinajstić information content (AvgIpc) is 2.87. The molecule has 2 saturated heterocycles. The van der Waals surface area contributed by atoms with E-state index in [0.717, 1.165) is 31.7 Å². The molecule has 3 rings (SSSR count). The summed E-state index contributed by atoms with van der Waals surface area (Å²) in [6.07, 6.45) is 0.135. The second-order valence-electron chi connectivity index (χ2n) is 5.96. The van der Waals surface area contributed by atoms with Gasteiger partial charge in [0.2, 0.25) is 0 Å². The first-order valence-corrected chi connectivity index (χ1v) is 7.62. The Balaban J connectivity index is 1.57. The molecule has 2 aliphatic heterocycles. The lowest BCUT2D eigenvalue weighted by molar-refractivity contribution is 0.113. The highest BCUT2D eigenvalue weighted by molar-refractivity contribution is 5.51. The van der Waals surface area contributed by atoms with E-state index in [1.165, 1.54) is 5.69 Å². The maximum atomic E-state index is 13.4. The summed E-state index contributed by atoms with van der Waals surface area (Å²) in [6, 6.07) is 8.49. The van der Waals surface area contributed by atoms with E-state index in [0.29, 0.717) is 19.1 Å². The number of hydrogen-bond acceptors (Lipinski definition) is 4. The summed E-state index contributed by atoms with van der Waals surface area (Å²) >= 11 is 0. The Hall–Kier alpha value is -1.33. The lowest BCUT2D eigenvalue weighted by atomic mass is 10.0. The molecule has 0 aromatic heterocycles. The molecule has 0 spiro atoms. The summed E-state index contributed by atoms with van der Waals surface area (Å²) < 4.78 is 18.7. The van der Waals surface area contributed by atoms with E-state index in [1.807, 2.05) is 12.1 Å². The number of benzene rings is 1. The molecule has 1 aromatic rings. The molecule has 0 aliphatic carbocycles. The van der Waals surface area contributed by atoms with E-state index in [1.54, 1.807) is 7.11 Å². The molecule has 0 radical (unpaired) electrons. The van der Waals surface area contributed by atoms with Crippen LogP contribution < -0.4 is 9.64 Å². The quantitative estimate of drug-likeness (QED) is 0.920. The van der Waals surface area contributed by atoms with Gasteiger partial charge in [0.05, 0.1) is 13.2 Å². The predicted octanol–water partition coefficient (Wildman–Crippen LogP) is 1.68. The zero-order valence-corrected chi connectivity index (χ0v) is 12.4. The van der Waals surface area contributed by atoms with E-state index < -0.39 is 12.3 Å². The first kappa shape index (κ1) is 14.6. The number of nitrogens with zero attached hydrogens (tertiary/aromatic N) is 2. The van der Waals surface area contributed by atoms with E-state index in [2.05, 4.69) is 21.9 Å². The maximum absolute atomic E-state index is 13.4. The van der Waals surface area contributed by atoms with Gasteiger partial charge in [-0.2, -0.15) is 0 Å². The normalized spacial score (nSPS) is 28.0. The first-order valence-electron chi connectivity index (χ1n) is 7.62. The standard InChI is InChI=1S/C16H23FN2O2/c1-21-14-4-2-3-13(9-14)18-7-5-12(6-8-18)19-10-15(17)16(20)11-19/h2-4,9,12,15-16,20H,5-8,10-11H2,1H3/t15-,16-/m1/s1. The van der Waals surface area contributed by atoms with E-state index in [9.17, 15) is 9.50 Å². The molecule has 5 heteroatoms. The summed E-state index contributed by atoms with van der Waals surface area (Å²) in [5.74, 6) is 0.873. The van der Waals surface area contributed by atoms with Crippen molar-refractivity contribution in [3.8, 4) is 5.75 Å². The number of rotatable bonds is 3. The van der Waals surface area contributed by atoms with Crippen LogP contribution in [0.15, 0.2) is 24.3 Å². The van der Waals surface area contributed by atoms with E-state index in [-0.39, 0.29) is 0 Å². The minimum atomic E-state index is -1.08. The van der Waals surface area contributed by atoms with Crippen LogP contribution in [0, 0.1) is 0 Å². The van der Waals surface area contributed by atoms with E-state index >= 15 is 0 Å². The molecule has 0 amide bonds. The molecule has 2 fully saturated rings. The largest absolute Gasteiger partial charge is 0.497 e. The number of aliphatic hydroxyl groups is 1. The van der Waals surface area contributed by atoms with Gasteiger partial charge in [-0.15, -0.1) is 0 Å². The van der Waals surface area contributed by atoms with Gasteiger partial charge in [-0.05, 0) is 25.0 Å². The third kappa shape index (κ3) is 3.14. The highest BCUT2D eigenvalue weighted by atomic mass is 19.1. The van der Waals surface area contributed by atoms with Crippen molar-refractivity contribution in [2.45, 2.75) is 31.2 Å². The van der Waals surface area contributed by atoms with E-state index in [4.69, 9.17) is 4.74 Å². The second-order valence-corrected chi connectivity index (χ2v) is 5.96. The number of halogens is 1. The molecular weight excluding hydrogens is 271 g/mol. The fourth-order valence-electron chi connectivity index (χ4n) is 3.37. The molecular formula is C16H23FN2O2. The fraction of sp³-hybridized carbons (Fsp3) is 0.625. The van der Waals surface area contributed by atoms with Crippen molar-refractivity contribution in [1.82, 2.24) is 4.90 Å². The number of aliphatic hydroxyl groups excluding tert-OH is 1. The summed E-state index contributed by atoms with van der Waals surface area (Å²) in [4.78, 5) is 4.46. The van der Waals surface area contributed by atoms with Crippen LogP contribution in [-0.2, 0) is 0 Å². The van der Waals surface area contributed by atoms with Crippen LogP contribution in [-0.4, -0.2) is 61.6 Å². The number of hydrogen-bond donors (Lipinski definition) is 1. The van der Waals surface area contributed by atoms with Gasteiger partial charge in [-0.3, -0.25) is 4.90 Å². The van der Waals surface area contributed by atoms with Gasteiger partial charge >= 0.3 is 0 Å². The molecule has 2 heterocycles. The zero-order chi connectivity index (χ0) is 14.8. The molecule has 116 valence electrons.